The summed E-state index contributed by atoms with van der Waals surface area (Å²) in [6, 6.07) is 3.44. The van der Waals surface area contributed by atoms with Crippen LogP contribution in [0.5, 0.6) is 0 Å². The molecule has 0 heterocycles. The molecule has 0 saturated heterocycles. The van der Waals surface area contributed by atoms with Gasteiger partial charge in [0.25, 0.3) is 0 Å². The van der Waals surface area contributed by atoms with Crippen LogP contribution >= 0.6 is 0 Å². The molecule has 0 aliphatic rings. The standard InChI is InChI=1S/C12H17F2NO/c1-12(2,16)8-15(3)7-9-4-10(13)6-11(14)5-9/h4-6,16H,7-8H2,1-3H3. The van der Waals surface area contributed by atoms with Gasteiger partial charge in [-0.3, -0.25) is 4.90 Å². The van der Waals surface area contributed by atoms with E-state index in [1.807, 2.05) is 4.90 Å². The summed E-state index contributed by atoms with van der Waals surface area (Å²) in [6.07, 6.45) is 0. The summed E-state index contributed by atoms with van der Waals surface area (Å²) in [7, 11) is 1.79. The predicted octanol–water partition coefficient (Wildman–Crippen LogP) is 2.17. The lowest BCUT2D eigenvalue weighted by molar-refractivity contribution is 0.0424. The van der Waals surface area contributed by atoms with Crippen molar-refractivity contribution in [3.8, 4) is 0 Å². The summed E-state index contributed by atoms with van der Waals surface area (Å²) >= 11 is 0. The third-order valence-corrected chi connectivity index (χ3v) is 2.03. The molecule has 0 aliphatic heterocycles. The van der Waals surface area contributed by atoms with Crippen molar-refractivity contribution in [2.75, 3.05) is 13.6 Å². The largest absolute Gasteiger partial charge is 0.389 e. The summed E-state index contributed by atoms with van der Waals surface area (Å²) in [5.74, 6) is -1.15. The quantitative estimate of drug-likeness (QED) is 0.855. The van der Waals surface area contributed by atoms with Crippen LogP contribution in [0.2, 0.25) is 0 Å². The Bertz CT molecular complexity index is 340. The van der Waals surface area contributed by atoms with Crippen LogP contribution in [0.1, 0.15) is 19.4 Å². The zero-order valence-electron chi connectivity index (χ0n) is 9.80. The molecule has 90 valence electrons. The van der Waals surface area contributed by atoms with Crippen LogP contribution < -0.4 is 0 Å². The highest BCUT2D eigenvalue weighted by Crippen LogP contribution is 2.11. The fourth-order valence-corrected chi connectivity index (χ4v) is 1.73. The Kier molecular flexibility index (Phi) is 3.99. The summed E-state index contributed by atoms with van der Waals surface area (Å²) in [6.45, 7) is 4.22. The van der Waals surface area contributed by atoms with Gasteiger partial charge in [0.1, 0.15) is 11.6 Å². The topological polar surface area (TPSA) is 23.5 Å². The van der Waals surface area contributed by atoms with Crippen molar-refractivity contribution in [1.29, 1.82) is 0 Å². The molecular weight excluding hydrogens is 212 g/mol. The van der Waals surface area contributed by atoms with E-state index in [0.29, 0.717) is 18.7 Å². The van der Waals surface area contributed by atoms with Gasteiger partial charge >= 0.3 is 0 Å². The van der Waals surface area contributed by atoms with E-state index in [9.17, 15) is 13.9 Å². The summed E-state index contributed by atoms with van der Waals surface area (Å²) < 4.78 is 25.8. The van der Waals surface area contributed by atoms with E-state index >= 15 is 0 Å². The first-order valence-corrected chi connectivity index (χ1v) is 5.12. The molecule has 0 aliphatic carbocycles. The van der Waals surface area contributed by atoms with Gasteiger partial charge in [0.05, 0.1) is 5.60 Å². The van der Waals surface area contributed by atoms with Gasteiger partial charge in [0.2, 0.25) is 0 Å². The van der Waals surface area contributed by atoms with Gasteiger partial charge in [-0.1, -0.05) is 0 Å². The normalized spacial score (nSPS) is 12.2. The highest BCUT2D eigenvalue weighted by Gasteiger charge is 2.15. The Morgan fingerprint density at radius 3 is 2.12 bits per heavy atom. The van der Waals surface area contributed by atoms with Gasteiger partial charge in [0, 0.05) is 19.2 Å². The Balaban J connectivity index is 2.66. The van der Waals surface area contributed by atoms with Crippen LogP contribution in [0.3, 0.4) is 0 Å². The molecule has 4 heteroatoms. The van der Waals surface area contributed by atoms with Crippen molar-refractivity contribution in [3.63, 3.8) is 0 Å². The SMILES string of the molecule is CN(Cc1cc(F)cc(F)c1)CC(C)(C)O. The Morgan fingerprint density at radius 2 is 1.69 bits per heavy atom. The lowest BCUT2D eigenvalue weighted by Crippen LogP contribution is -2.35. The molecule has 0 saturated carbocycles. The summed E-state index contributed by atoms with van der Waals surface area (Å²) in [4.78, 5) is 1.81. The minimum atomic E-state index is -0.819. The Labute approximate surface area is 94.5 Å². The smallest absolute Gasteiger partial charge is 0.126 e. The van der Waals surface area contributed by atoms with Crippen LogP contribution in [0, 0.1) is 11.6 Å². The third kappa shape index (κ3) is 4.68. The molecule has 1 aromatic rings. The maximum atomic E-state index is 12.9. The highest BCUT2D eigenvalue weighted by atomic mass is 19.1. The van der Waals surface area contributed by atoms with Gasteiger partial charge in [-0.25, -0.2) is 8.78 Å². The molecule has 0 bridgehead atoms. The van der Waals surface area contributed by atoms with Crippen LogP contribution in [0.15, 0.2) is 18.2 Å². The lowest BCUT2D eigenvalue weighted by atomic mass is 10.1. The van der Waals surface area contributed by atoms with Crippen molar-refractivity contribution in [1.82, 2.24) is 4.90 Å². The van der Waals surface area contributed by atoms with Crippen LogP contribution in [0.4, 0.5) is 8.78 Å². The second-order valence-corrected chi connectivity index (χ2v) is 4.76. The summed E-state index contributed by atoms with van der Waals surface area (Å²) in [5.41, 5.74) is -0.259. The maximum Gasteiger partial charge on any atom is 0.126 e. The average Bonchev–Trinajstić information content (AvgIpc) is 1.96. The number of hydrogen-bond donors (Lipinski definition) is 1. The van der Waals surface area contributed by atoms with Crippen molar-refractivity contribution in [3.05, 3.63) is 35.4 Å². The number of nitrogens with zero attached hydrogens (tertiary/aromatic N) is 1. The highest BCUT2D eigenvalue weighted by molar-refractivity contribution is 5.17. The number of aliphatic hydroxyl groups is 1. The molecule has 0 fully saturated rings. The first-order chi connectivity index (χ1) is 7.26. The van der Waals surface area contributed by atoms with Crippen molar-refractivity contribution in [2.45, 2.75) is 26.0 Å². The molecule has 1 rings (SSSR count). The van der Waals surface area contributed by atoms with E-state index in [1.54, 1.807) is 20.9 Å². The zero-order chi connectivity index (χ0) is 12.3. The van der Waals surface area contributed by atoms with Gasteiger partial charge in [-0.05, 0) is 38.6 Å². The summed E-state index contributed by atoms with van der Waals surface area (Å²) in [5, 5.41) is 9.59. The molecular formula is C12H17F2NO. The minimum absolute atomic E-state index is 0.401. The molecule has 0 spiro atoms. The third-order valence-electron chi connectivity index (χ3n) is 2.03. The number of hydrogen-bond acceptors (Lipinski definition) is 2. The first-order valence-electron chi connectivity index (χ1n) is 5.12. The predicted molar refractivity (Wildman–Crippen MR) is 59.0 cm³/mol. The van der Waals surface area contributed by atoms with E-state index in [0.717, 1.165) is 6.07 Å². The van der Waals surface area contributed by atoms with E-state index in [1.165, 1.54) is 12.1 Å². The zero-order valence-corrected chi connectivity index (χ0v) is 9.80. The van der Waals surface area contributed by atoms with E-state index < -0.39 is 17.2 Å². The van der Waals surface area contributed by atoms with Gasteiger partial charge in [-0.15, -0.1) is 0 Å². The van der Waals surface area contributed by atoms with E-state index in [4.69, 9.17) is 0 Å². The average molecular weight is 229 g/mol. The number of benzene rings is 1. The number of halogens is 2. The Morgan fingerprint density at radius 1 is 1.19 bits per heavy atom. The van der Waals surface area contributed by atoms with Crippen molar-refractivity contribution >= 4 is 0 Å². The monoisotopic (exact) mass is 229 g/mol. The molecule has 0 aromatic heterocycles. The Hall–Kier alpha value is -1.00. The fourth-order valence-electron chi connectivity index (χ4n) is 1.73. The van der Waals surface area contributed by atoms with Gasteiger partial charge in [-0.2, -0.15) is 0 Å². The molecule has 16 heavy (non-hydrogen) atoms. The molecule has 0 unspecified atom stereocenters. The van der Waals surface area contributed by atoms with Crippen LogP contribution in [-0.2, 0) is 6.54 Å². The molecule has 1 aromatic carbocycles. The first kappa shape index (κ1) is 13.1. The van der Waals surface area contributed by atoms with Gasteiger partial charge in [0.15, 0.2) is 0 Å². The second-order valence-electron chi connectivity index (χ2n) is 4.76. The number of likely N-dealkylation sites (N-methyl/N-ethyl adjacent to an activating group) is 1. The van der Waals surface area contributed by atoms with Crippen molar-refractivity contribution < 1.29 is 13.9 Å². The molecule has 0 amide bonds. The minimum Gasteiger partial charge on any atom is -0.389 e. The van der Waals surface area contributed by atoms with Crippen molar-refractivity contribution in [2.24, 2.45) is 0 Å². The van der Waals surface area contributed by atoms with Crippen LogP contribution in [0.25, 0.3) is 0 Å². The van der Waals surface area contributed by atoms with Gasteiger partial charge < -0.3 is 5.11 Å². The molecule has 1 N–H and O–H groups in total. The second kappa shape index (κ2) is 4.89. The lowest BCUT2D eigenvalue weighted by Gasteiger charge is -2.25. The maximum absolute atomic E-state index is 12.9. The molecule has 0 atom stereocenters. The molecule has 0 radical (unpaired) electrons. The van der Waals surface area contributed by atoms with Crippen LogP contribution in [-0.4, -0.2) is 29.2 Å². The van der Waals surface area contributed by atoms with E-state index in [2.05, 4.69) is 0 Å². The number of rotatable bonds is 4. The molecule has 2 nitrogen and oxygen atoms in total. The van der Waals surface area contributed by atoms with E-state index in [-0.39, 0.29) is 0 Å². The fraction of sp³-hybridized carbons (Fsp3) is 0.500.